The van der Waals surface area contributed by atoms with Crippen LogP contribution in [0.25, 0.3) is 10.8 Å². The zero-order valence-corrected chi connectivity index (χ0v) is 25.2. The first-order valence-electron chi connectivity index (χ1n) is 9.59. The first kappa shape index (κ1) is 32.1. The van der Waals surface area contributed by atoms with Gasteiger partial charge in [0, 0.05) is 22.5 Å². The number of aromatic nitrogens is 2. The summed E-state index contributed by atoms with van der Waals surface area (Å²) in [5, 5.41) is 10.2. The van der Waals surface area contributed by atoms with Crippen molar-refractivity contribution in [2.24, 2.45) is 10.2 Å². The predicted molar refractivity (Wildman–Crippen MR) is 120 cm³/mol. The van der Waals surface area contributed by atoms with Crippen molar-refractivity contribution >= 4 is 59.6 Å². The van der Waals surface area contributed by atoms with Gasteiger partial charge in [-0.3, -0.25) is 0 Å². The quantitative estimate of drug-likeness (QED) is 0.0611. The van der Waals surface area contributed by atoms with Crippen molar-refractivity contribution in [2.45, 2.75) is 9.79 Å². The van der Waals surface area contributed by atoms with Crippen LogP contribution in [0.15, 0.2) is 74.6 Å². The topological polar surface area (TPSA) is 203 Å². The minimum atomic E-state index is -5.07. The Morgan fingerprint density at radius 1 is 0.789 bits per heavy atom. The van der Waals surface area contributed by atoms with Gasteiger partial charge >= 0.3 is 65.2 Å². The van der Waals surface area contributed by atoms with Gasteiger partial charge in [0.1, 0.15) is 37.4 Å². The summed E-state index contributed by atoms with van der Waals surface area (Å²) < 4.78 is 97.1. The monoisotopic (exact) mass is 580 g/mol. The molecule has 0 bridgehead atoms. The largest absolute Gasteiger partial charge is 1.00 e. The molecule has 1 aromatic heterocycles. The van der Waals surface area contributed by atoms with Crippen molar-refractivity contribution in [1.82, 2.24) is 9.97 Å². The molecule has 0 saturated heterocycles. The molecule has 0 fully saturated rings. The van der Waals surface area contributed by atoms with Gasteiger partial charge in [-0.05, 0) is 24.3 Å². The van der Waals surface area contributed by atoms with Crippen LogP contribution < -0.4 is 70.2 Å². The van der Waals surface area contributed by atoms with Crippen molar-refractivity contribution in [3.05, 3.63) is 66.6 Å². The molecular formula is C20H12F2N6Na2O6S2. The second-order valence-corrected chi connectivity index (χ2v) is 9.81. The van der Waals surface area contributed by atoms with Crippen LogP contribution in [-0.2, 0) is 20.2 Å². The molecule has 0 atom stereocenters. The van der Waals surface area contributed by atoms with E-state index in [1.807, 2.05) is 0 Å². The number of hydrogen-bond donors (Lipinski definition) is 2. The van der Waals surface area contributed by atoms with Crippen molar-refractivity contribution in [3.63, 3.8) is 0 Å². The molecule has 3 aromatic carbocycles. The number of nitrogens with two attached hydrogens (primary N) is 1. The molecule has 18 heteroatoms. The summed E-state index contributed by atoms with van der Waals surface area (Å²) >= 11 is 0. The molecule has 0 aliphatic rings. The molecule has 0 aliphatic heterocycles. The molecule has 4 aromatic rings. The Balaban J connectivity index is 0.00000253. The van der Waals surface area contributed by atoms with Crippen LogP contribution in [0.2, 0.25) is 0 Å². The Hall–Kier alpha value is -2.12. The van der Waals surface area contributed by atoms with E-state index in [0.29, 0.717) is 0 Å². The van der Waals surface area contributed by atoms with Gasteiger partial charge < -0.3 is 20.2 Å². The molecule has 0 aliphatic carbocycles. The third kappa shape index (κ3) is 7.29. The fourth-order valence-electron chi connectivity index (χ4n) is 3.23. The van der Waals surface area contributed by atoms with Gasteiger partial charge in [0.15, 0.2) is 0 Å². The summed E-state index contributed by atoms with van der Waals surface area (Å²) in [5.41, 5.74) is 5.16. The van der Waals surface area contributed by atoms with Crippen LogP contribution in [0, 0.1) is 12.0 Å². The zero-order chi connectivity index (χ0) is 26.3. The van der Waals surface area contributed by atoms with E-state index in [1.165, 1.54) is 24.3 Å². The van der Waals surface area contributed by atoms with Crippen LogP contribution in [0.3, 0.4) is 0 Å². The summed E-state index contributed by atoms with van der Waals surface area (Å²) in [6.07, 6.45) is -1.37. The maximum absolute atomic E-state index is 13.3. The Labute approximate surface area is 258 Å². The van der Waals surface area contributed by atoms with E-state index >= 15 is 0 Å². The molecule has 0 unspecified atom stereocenters. The Morgan fingerprint density at radius 2 is 1.39 bits per heavy atom. The normalized spacial score (nSPS) is 11.7. The van der Waals surface area contributed by atoms with E-state index in [9.17, 15) is 34.7 Å². The number of hydrogen-bond acceptors (Lipinski definition) is 12. The fraction of sp³-hybridized carbons (Fsp3) is 0. The van der Waals surface area contributed by atoms with E-state index in [-0.39, 0.29) is 92.8 Å². The van der Waals surface area contributed by atoms with Gasteiger partial charge in [0.05, 0.1) is 15.5 Å². The number of nitrogen functional groups attached to an aromatic ring is 1. The molecule has 3 N–H and O–H groups in total. The number of benzene rings is 3. The van der Waals surface area contributed by atoms with E-state index in [2.05, 4.69) is 25.5 Å². The SMILES string of the molecule is Nc1c(N=Nc2cc(Nc3cc(F)nc(F)n3)ccc2S(=O)(=O)[O-])cc(S(=O)(=O)[O-])c2ccccc12.[Na+].[Na+]. The molecule has 0 saturated carbocycles. The van der Waals surface area contributed by atoms with E-state index < -0.39 is 47.7 Å². The molecule has 186 valence electrons. The first-order chi connectivity index (χ1) is 16.8. The summed E-state index contributed by atoms with van der Waals surface area (Å²) in [5.74, 6) is -1.51. The van der Waals surface area contributed by atoms with Gasteiger partial charge in [-0.15, -0.1) is 10.2 Å². The summed E-state index contributed by atoms with van der Waals surface area (Å²) in [4.78, 5) is 4.72. The van der Waals surface area contributed by atoms with Gasteiger partial charge in [-0.1, -0.05) is 24.3 Å². The Kier molecular flexibility index (Phi) is 10.5. The first-order valence-corrected chi connectivity index (χ1v) is 12.4. The number of halogens is 2. The van der Waals surface area contributed by atoms with Crippen LogP contribution in [0.1, 0.15) is 0 Å². The third-order valence-electron chi connectivity index (χ3n) is 4.73. The molecule has 1 heterocycles. The van der Waals surface area contributed by atoms with Crippen LogP contribution in [0.4, 0.5) is 37.3 Å². The molecule has 0 radical (unpaired) electrons. The fourth-order valence-corrected chi connectivity index (χ4v) is 4.53. The molecule has 4 rings (SSSR count). The maximum atomic E-state index is 13.3. The van der Waals surface area contributed by atoms with Crippen LogP contribution in [0.5, 0.6) is 0 Å². The van der Waals surface area contributed by atoms with Crippen LogP contribution in [-0.4, -0.2) is 35.9 Å². The van der Waals surface area contributed by atoms with Gasteiger partial charge in [0.25, 0.3) is 0 Å². The molecule has 0 amide bonds. The average molecular weight is 580 g/mol. The second-order valence-electron chi connectivity index (χ2n) is 7.11. The number of nitrogens with one attached hydrogen (secondary N) is 1. The number of rotatable bonds is 6. The molecular weight excluding hydrogens is 568 g/mol. The maximum Gasteiger partial charge on any atom is 1.00 e. The minimum absolute atomic E-state index is 0. The predicted octanol–water partition coefficient (Wildman–Crippen LogP) is -2.53. The zero-order valence-electron chi connectivity index (χ0n) is 19.6. The smallest absolute Gasteiger partial charge is 0.744 e. The second kappa shape index (κ2) is 12.4. The van der Waals surface area contributed by atoms with Crippen LogP contribution >= 0.6 is 0 Å². The minimum Gasteiger partial charge on any atom is -0.744 e. The summed E-state index contributed by atoms with van der Waals surface area (Å²) in [7, 11) is -10.0. The van der Waals surface area contributed by atoms with Gasteiger partial charge in [-0.25, -0.2) is 16.8 Å². The third-order valence-corrected chi connectivity index (χ3v) is 6.49. The number of nitrogens with zero attached hydrogens (tertiary/aromatic N) is 4. The molecule has 38 heavy (non-hydrogen) atoms. The van der Waals surface area contributed by atoms with Crippen molar-refractivity contribution in [2.75, 3.05) is 11.1 Å². The van der Waals surface area contributed by atoms with E-state index in [4.69, 9.17) is 5.73 Å². The number of fused-ring (bicyclic) bond motifs is 1. The van der Waals surface area contributed by atoms with Crippen molar-refractivity contribution in [3.8, 4) is 0 Å². The summed E-state index contributed by atoms with van der Waals surface area (Å²) in [6, 6.07) is 10.4. The van der Waals surface area contributed by atoms with Gasteiger partial charge in [-0.2, -0.15) is 18.7 Å². The van der Waals surface area contributed by atoms with E-state index in [1.54, 1.807) is 0 Å². The standard InChI is InChI=1S/C20H14F2N6O6S2.2Na/c21-17-9-18(26-20(22)25-17)24-10-5-6-15(35(29,30)31)13(7-10)27-28-14-8-16(36(32,33)34)11-3-1-2-4-12(11)19(14)23;;/h1-9H,23H2,(H,24,25,26)(H,29,30,31)(H,32,33,34);;/q;2*+1/p-2. The van der Waals surface area contributed by atoms with Gasteiger partial charge in [0.2, 0.25) is 5.95 Å². The number of anilines is 3. The number of azo groups is 1. The summed E-state index contributed by atoms with van der Waals surface area (Å²) in [6.45, 7) is 0. The van der Waals surface area contributed by atoms with Crippen molar-refractivity contribution in [1.29, 1.82) is 0 Å². The average Bonchev–Trinajstić information content (AvgIpc) is 2.76. The van der Waals surface area contributed by atoms with Crippen molar-refractivity contribution < 1.29 is 93.8 Å². The molecule has 0 spiro atoms. The Morgan fingerprint density at radius 3 is 2.00 bits per heavy atom. The van der Waals surface area contributed by atoms with E-state index in [0.717, 1.165) is 30.3 Å². The molecule has 12 nitrogen and oxygen atoms in total. The Bertz CT molecular complexity index is 1760.